The van der Waals surface area contributed by atoms with Gasteiger partial charge in [0.2, 0.25) is 0 Å². The normalized spacial score (nSPS) is 16.9. The number of carbonyl (C=O) groups excluding carboxylic acids is 2. The van der Waals surface area contributed by atoms with Gasteiger partial charge in [-0.2, -0.15) is 0 Å². The molecule has 0 radical (unpaired) electrons. The van der Waals surface area contributed by atoms with Gasteiger partial charge in [-0.3, -0.25) is 9.59 Å². The number of anilines is 1. The van der Waals surface area contributed by atoms with E-state index in [4.69, 9.17) is 9.47 Å². The molecular weight excluding hydrogens is 358 g/mol. The Balaban J connectivity index is 1.63. The molecule has 1 aliphatic rings. The van der Waals surface area contributed by atoms with E-state index in [0.717, 1.165) is 12.1 Å². The van der Waals surface area contributed by atoms with E-state index in [1.165, 1.54) is 13.2 Å². The van der Waals surface area contributed by atoms with Gasteiger partial charge in [-0.05, 0) is 30.3 Å². The first-order chi connectivity index (χ1) is 13.0. The first kappa shape index (κ1) is 18.8. The molecule has 0 spiro atoms. The first-order valence-corrected chi connectivity index (χ1v) is 8.27. The van der Waals surface area contributed by atoms with E-state index >= 15 is 0 Å². The average molecular weight is 376 g/mol. The van der Waals surface area contributed by atoms with Gasteiger partial charge in [-0.25, -0.2) is 8.78 Å². The summed E-state index contributed by atoms with van der Waals surface area (Å²) in [7, 11) is 1.54. The number of hydrogen-bond acceptors (Lipinski definition) is 4. The van der Waals surface area contributed by atoms with Crippen LogP contribution in [0.2, 0.25) is 0 Å². The zero-order valence-electron chi connectivity index (χ0n) is 14.6. The summed E-state index contributed by atoms with van der Waals surface area (Å²) < 4.78 is 36.8. The fraction of sp³-hybridized carbons (Fsp3) is 0.263. The van der Waals surface area contributed by atoms with Gasteiger partial charge in [0, 0.05) is 23.9 Å². The quantitative estimate of drug-likeness (QED) is 0.868. The van der Waals surface area contributed by atoms with Crippen molar-refractivity contribution < 1.29 is 27.8 Å². The molecule has 3 rings (SSSR count). The summed E-state index contributed by atoms with van der Waals surface area (Å²) in [5.74, 6) is -2.25. The van der Waals surface area contributed by atoms with Crippen LogP contribution in [0.15, 0.2) is 42.5 Å². The molecule has 0 bridgehead atoms. The Bertz CT molecular complexity index is 859. The molecule has 2 aromatic rings. The Morgan fingerprint density at radius 3 is 2.81 bits per heavy atom. The van der Waals surface area contributed by atoms with Crippen molar-refractivity contribution in [2.45, 2.75) is 6.10 Å². The van der Waals surface area contributed by atoms with Crippen molar-refractivity contribution in [1.82, 2.24) is 5.32 Å². The van der Waals surface area contributed by atoms with E-state index in [-0.39, 0.29) is 31.2 Å². The van der Waals surface area contributed by atoms with E-state index < -0.39 is 23.6 Å². The fourth-order valence-corrected chi connectivity index (χ4v) is 2.72. The monoisotopic (exact) mass is 376 g/mol. The standard InChI is InChI=1S/C19H18F2N2O4/c1-26-14-4-2-3-13(8-14)23-10-15(27-11-18(23)24)9-22-19(25)12-5-6-16(20)17(21)7-12/h2-8,15H,9-11H2,1H3,(H,22,25). The lowest BCUT2D eigenvalue weighted by atomic mass is 10.2. The number of halogens is 2. The van der Waals surface area contributed by atoms with Crippen molar-refractivity contribution in [3.05, 3.63) is 59.7 Å². The highest BCUT2D eigenvalue weighted by Gasteiger charge is 2.28. The molecule has 1 aliphatic heterocycles. The summed E-state index contributed by atoms with van der Waals surface area (Å²) in [6, 6.07) is 9.98. The van der Waals surface area contributed by atoms with Crippen LogP contribution in [0, 0.1) is 11.6 Å². The Morgan fingerprint density at radius 1 is 1.26 bits per heavy atom. The van der Waals surface area contributed by atoms with E-state index in [1.807, 2.05) is 0 Å². The minimum atomic E-state index is -1.09. The van der Waals surface area contributed by atoms with Gasteiger partial charge < -0.3 is 19.7 Å². The number of methoxy groups -OCH3 is 1. The van der Waals surface area contributed by atoms with Crippen LogP contribution in [0.4, 0.5) is 14.5 Å². The molecule has 2 aromatic carbocycles. The molecule has 1 atom stereocenters. The molecule has 27 heavy (non-hydrogen) atoms. The summed E-state index contributed by atoms with van der Waals surface area (Å²) in [5.41, 5.74) is 0.671. The second-order valence-electron chi connectivity index (χ2n) is 5.98. The van der Waals surface area contributed by atoms with Crippen molar-refractivity contribution in [3.8, 4) is 5.75 Å². The van der Waals surface area contributed by atoms with E-state index in [9.17, 15) is 18.4 Å². The molecule has 1 saturated heterocycles. The van der Waals surface area contributed by atoms with Crippen molar-refractivity contribution in [2.75, 3.05) is 31.7 Å². The van der Waals surface area contributed by atoms with Crippen LogP contribution in [0.5, 0.6) is 5.75 Å². The van der Waals surface area contributed by atoms with E-state index in [2.05, 4.69) is 5.32 Å². The van der Waals surface area contributed by atoms with Crippen LogP contribution in [-0.2, 0) is 9.53 Å². The van der Waals surface area contributed by atoms with Crippen LogP contribution >= 0.6 is 0 Å². The Morgan fingerprint density at radius 2 is 2.07 bits per heavy atom. The molecule has 1 heterocycles. The Kier molecular flexibility index (Phi) is 5.66. The van der Waals surface area contributed by atoms with E-state index in [1.54, 1.807) is 29.2 Å². The van der Waals surface area contributed by atoms with Crippen LogP contribution in [0.3, 0.4) is 0 Å². The topological polar surface area (TPSA) is 67.9 Å². The SMILES string of the molecule is COc1cccc(N2CC(CNC(=O)c3ccc(F)c(F)c3)OCC2=O)c1. The Hall–Kier alpha value is -3.00. The second kappa shape index (κ2) is 8.13. The average Bonchev–Trinajstić information content (AvgIpc) is 2.69. The van der Waals surface area contributed by atoms with Crippen LogP contribution in [0.25, 0.3) is 0 Å². The molecule has 0 saturated carbocycles. The van der Waals surface area contributed by atoms with Crippen molar-refractivity contribution in [2.24, 2.45) is 0 Å². The number of morpholine rings is 1. The molecule has 0 aromatic heterocycles. The molecule has 142 valence electrons. The van der Waals surface area contributed by atoms with Gasteiger partial charge >= 0.3 is 0 Å². The zero-order chi connectivity index (χ0) is 19.4. The van der Waals surface area contributed by atoms with Gasteiger partial charge in [0.15, 0.2) is 11.6 Å². The third-order valence-corrected chi connectivity index (χ3v) is 4.17. The lowest BCUT2D eigenvalue weighted by molar-refractivity contribution is -0.129. The van der Waals surface area contributed by atoms with Crippen LogP contribution in [-0.4, -0.2) is 44.7 Å². The molecule has 0 aliphatic carbocycles. The number of nitrogens with zero attached hydrogens (tertiary/aromatic N) is 1. The molecule has 1 N–H and O–H groups in total. The predicted octanol–water partition coefficient (Wildman–Crippen LogP) is 2.14. The highest BCUT2D eigenvalue weighted by Crippen LogP contribution is 2.23. The molecule has 1 fully saturated rings. The van der Waals surface area contributed by atoms with Gasteiger partial charge in [-0.1, -0.05) is 6.07 Å². The number of nitrogens with one attached hydrogen (secondary N) is 1. The number of rotatable bonds is 5. The van der Waals surface area contributed by atoms with Gasteiger partial charge in [0.25, 0.3) is 11.8 Å². The molecule has 1 unspecified atom stereocenters. The highest BCUT2D eigenvalue weighted by molar-refractivity contribution is 5.95. The molecular formula is C19H18F2N2O4. The fourth-order valence-electron chi connectivity index (χ4n) is 2.72. The smallest absolute Gasteiger partial charge is 0.253 e. The maximum absolute atomic E-state index is 13.2. The maximum Gasteiger partial charge on any atom is 0.253 e. The van der Waals surface area contributed by atoms with Gasteiger partial charge in [0.05, 0.1) is 19.8 Å². The third-order valence-electron chi connectivity index (χ3n) is 4.17. The summed E-state index contributed by atoms with van der Waals surface area (Å²) in [4.78, 5) is 25.8. The first-order valence-electron chi connectivity index (χ1n) is 8.27. The number of benzene rings is 2. The zero-order valence-corrected chi connectivity index (χ0v) is 14.6. The summed E-state index contributed by atoms with van der Waals surface area (Å²) >= 11 is 0. The van der Waals surface area contributed by atoms with Crippen molar-refractivity contribution in [3.63, 3.8) is 0 Å². The summed E-state index contributed by atoms with van der Waals surface area (Å²) in [6.45, 7) is 0.235. The molecule has 2 amide bonds. The number of carbonyl (C=O) groups is 2. The maximum atomic E-state index is 13.2. The van der Waals surface area contributed by atoms with Crippen molar-refractivity contribution >= 4 is 17.5 Å². The van der Waals surface area contributed by atoms with Crippen molar-refractivity contribution in [1.29, 1.82) is 0 Å². The van der Waals surface area contributed by atoms with E-state index in [0.29, 0.717) is 11.4 Å². The van der Waals surface area contributed by atoms with Crippen LogP contribution in [0.1, 0.15) is 10.4 Å². The Labute approximate surface area is 154 Å². The summed E-state index contributed by atoms with van der Waals surface area (Å²) in [5, 5.41) is 2.61. The predicted molar refractivity (Wildman–Crippen MR) is 93.8 cm³/mol. The lowest BCUT2D eigenvalue weighted by Gasteiger charge is -2.33. The largest absolute Gasteiger partial charge is 0.497 e. The second-order valence-corrected chi connectivity index (χ2v) is 5.98. The molecule has 6 nitrogen and oxygen atoms in total. The van der Waals surface area contributed by atoms with Gasteiger partial charge in [0.1, 0.15) is 12.4 Å². The third kappa shape index (κ3) is 4.40. The van der Waals surface area contributed by atoms with Crippen LogP contribution < -0.4 is 15.0 Å². The number of ether oxygens (including phenoxy) is 2. The van der Waals surface area contributed by atoms with Gasteiger partial charge in [-0.15, -0.1) is 0 Å². The summed E-state index contributed by atoms with van der Waals surface area (Å²) in [6.07, 6.45) is -0.442. The number of hydrogen-bond donors (Lipinski definition) is 1. The minimum absolute atomic E-state index is 0.00503. The highest BCUT2D eigenvalue weighted by atomic mass is 19.2. The number of amides is 2. The minimum Gasteiger partial charge on any atom is -0.497 e. The molecule has 8 heteroatoms. The lowest BCUT2D eigenvalue weighted by Crippen LogP contribution is -2.50.